The van der Waals surface area contributed by atoms with Crippen LogP contribution in [0.5, 0.6) is 0 Å². The highest BCUT2D eigenvalue weighted by molar-refractivity contribution is 6.33. The number of pyridine rings is 2. The molecule has 0 atom stereocenters. The molecule has 2 saturated heterocycles. The van der Waals surface area contributed by atoms with Gasteiger partial charge in [0, 0.05) is 63.3 Å². The van der Waals surface area contributed by atoms with Crippen LogP contribution in [0, 0.1) is 5.92 Å². The molecule has 0 unspecified atom stereocenters. The Bertz CT molecular complexity index is 939. The van der Waals surface area contributed by atoms with Crippen molar-refractivity contribution in [3.63, 3.8) is 0 Å². The van der Waals surface area contributed by atoms with E-state index in [1.54, 1.807) is 6.20 Å². The highest BCUT2D eigenvalue weighted by Gasteiger charge is 2.26. The van der Waals surface area contributed by atoms with Gasteiger partial charge in [-0.2, -0.15) is 0 Å². The zero-order chi connectivity index (χ0) is 23.9. The second-order valence-electron chi connectivity index (χ2n) is 10.0. The van der Waals surface area contributed by atoms with Gasteiger partial charge in [-0.05, 0) is 69.1 Å². The number of hydrogen-bond acceptors (Lipinski definition) is 7. The van der Waals surface area contributed by atoms with Gasteiger partial charge in [-0.3, -0.25) is 4.90 Å². The normalized spacial score (nSPS) is 24.6. The summed E-state index contributed by atoms with van der Waals surface area (Å²) in [7, 11) is 0. The first-order valence-electron chi connectivity index (χ1n) is 13.3. The van der Waals surface area contributed by atoms with Gasteiger partial charge in [0.25, 0.3) is 0 Å². The van der Waals surface area contributed by atoms with E-state index in [0.717, 1.165) is 94.5 Å². The van der Waals surface area contributed by atoms with E-state index in [4.69, 9.17) is 26.1 Å². The minimum Gasteiger partial charge on any atom is -0.381 e. The number of halogens is 1. The molecule has 1 saturated carbocycles. The van der Waals surface area contributed by atoms with Crippen LogP contribution in [-0.4, -0.2) is 73.0 Å². The number of nitrogens with zero attached hydrogens (tertiary/aromatic N) is 3. The lowest BCUT2D eigenvalue weighted by Crippen LogP contribution is -2.41. The average Bonchev–Trinajstić information content (AvgIpc) is 3.20. The zero-order valence-electron chi connectivity index (χ0n) is 20.6. The molecule has 0 radical (unpaired) electrons. The maximum Gasteiger partial charge on any atom is 0.126 e. The van der Waals surface area contributed by atoms with E-state index in [9.17, 15) is 0 Å². The first-order valence-corrected chi connectivity index (χ1v) is 13.7. The van der Waals surface area contributed by atoms with Gasteiger partial charge in [0.05, 0.1) is 17.3 Å². The number of nitrogens with one attached hydrogen (secondary N) is 2. The second kappa shape index (κ2) is 12.3. The maximum absolute atomic E-state index is 6.56. The Morgan fingerprint density at radius 2 is 1.77 bits per heavy atom. The molecule has 3 fully saturated rings. The second-order valence-corrected chi connectivity index (χ2v) is 10.5. The van der Waals surface area contributed by atoms with E-state index in [1.165, 1.54) is 19.4 Å². The van der Waals surface area contributed by atoms with Gasteiger partial charge in [-0.15, -0.1) is 0 Å². The third-order valence-electron chi connectivity index (χ3n) is 7.62. The topological polar surface area (TPSA) is 71.5 Å². The van der Waals surface area contributed by atoms with Crippen molar-refractivity contribution in [2.45, 2.75) is 57.0 Å². The van der Waals surface area contributed by atoms with Crippen molar-refractivity contribution in [1.29, 1.82) is 0 Å². The van der Waals surface area contributed by atoms with Gasteiger partial charge in [-0.25, -0.2) is 9.97 Å². The Labute approximate surface area is 214 Å². The third kappa shape index (κ3) is 6.85. The van der Waals surface area contributed by atoms with Crippen LogP contribution in [0.1, 0.15) is 44.9 Å². The molecule has 8 heteroatoms. The average molecular weight is 500 g/mol. The standard InChI is InChI=1S/C27H38ClN5O2/c28-24-19-30-27(31-21-5-7-22(8-6-21)33-11-2-13-34-16-12-33)17-23(24)25-3-1-4-26(32-25)29-18-20-9-14-35-15-10-20/h1,3-4,17,19-22H,2,5-16,18H2,(H,29,32)(H,30,31). The number of hydrogen-bond donors (Lipinski definition) is 2. The predicted molar refractivity (Wildman–Crippen MR) is 141 cm³/mol. The lowest BCUT2D eigenvalue weighted by molar-refractivity contribution is 0.0699. The van der Waals surface area contributed by atoms with E-state index in [2.05, 4.69) is 20.5 Å². The Morgan fingerprint density at radius 1 is 0.943 bits per heavy atom. The van der Waals surface area contributed by atoms with Crippen molar-refractivity contribution in [1.82, 2.24) is 14.9 Å². The first kappa shape index (κ1) is 24.8. The summed E-state index contributed by atoms with van der Waals surface area (Å²) in [5.41, 5.74) is 1.78. The molecule has 4 heterocycles. The van der Waals surface area contributed by atoms with E-state index >= 15 is 0 Å². The molecule has 0 spiro atoms. The molecule has 2 aliphatic heterocycles. The van der Waals surface area contributed by atoms with Gasteiger partial charge in [0.2, 0.25) is 0 Å². The fourth-order valence-electron chi connectivity index (χ4n) is 5.52. The van der Waals surface area contributed by atoms with Crippen molar-refractivity contribution in [3.8, 4) is 11.3 Å². The quantitative estimate of drug-likeness (QED) is 0.550. The van der Waals surface area contributed by atoms with Crippen molar-refractivity contribution in [2.24, 2.45) is 5.92 Å². The lowest BCUT2D eigenvalue weighted by Gasteiger charge is -2.36. The highest BCUT2D eigenvalue weighted by atomic mass is 35.5. The smallest absolute Gasteiger partial charge is 0.126 e. The molecule has 0 amide bonds. The molecule has 0 aromatic carbocycles. The molecule has 35 heavy (non-hydrogen) atoms. The number of ether oxygens (including phenoxy) is 2. The van der Waals surface area contributed by atoms with Crippen LogP contribution in [0.15, 0.2) is 30.5 Å². The monoisotopic (exact) mass is 499 g/mol. The summed E-state index contributed by atoms with van der Waals surface area (Å²) >= 11 is 6.56. The molecule has 0 bridgehead atoms. The SMILES string of the molecule is Clc1cnc(NC2CCC(N3CCCOCC3)CC2)cc1-c1cccc(NCC2CCOCC2)n1. The van der Waals surface area contributed by atoms with Crippen LogP contribution in [0.4, 0.5) is 11.6 Å². The molecular weight excluding hydrogens is 462 g/mol. The summed E-state index contributed by atoms with van der Waals surface area (Å²) < 4.78 is 11.1. The van der Waals surface area contributed by atoms with Crippen LogP contribution < -0.4 is 10.6 Å². The summed E-state index contributed by atoms with van der Waals surface area (Å²) in [6.45, 7) is 6.65. The molecule has 1 aliphatic carbocycles. The minimum atomic E-state index is 0.441. The van der Waals surface area contributed by atoms with Gasteiger partial charge in [-0.1, -0.05) is 17.7 Å². The summed E-state index contributed by atoms with van der Waals surface area (Å²) in [5, 5.41) is 7.80. The van der Waals surface area contributed by atoms with Crippen LogP contribution in [0.3, 0.4) is 0 Å². The van der Waals surface area contributed by atoms with Crippen molar-refractivity contribution in [3.05, 3.63) is 35.5 Å². The summed E-state index contributed by atoms with van der Waals surface area (Å²) in [6, 6.07) is 9.24. The highest BCUT2D eigenvalue weighted by Crippen LogP contribution is 2.31. The zero-order valence-corrected chi connectivity index (χ0v) is 21.3. The Balaban J connectivity index is 1.18. The van der Waals surface area contributed by atoms with E-state index in [1.807, 2.05) is 24.3 Å². The fourth-order valence-corrected chi connectivity index (χ4v) is 5.72. The van der Waals surface area contributed by atoms with Crippen molar-refractivity contribution < 1.29 is 9.47 Å². The van der Waals surface area contributed by atoms with Crippen molar-refractivity contribution >= 4 is 23.2 Å². The number of anilines is 2. The Morgan fingerprint density at radius 3 is 2.63 bits per heavy atom. The lowest BCUT2D eigenvalue weighted by atomic mass is 9.90. The molecule has 2 aromatic heterocycles. The van der Waals surface area contributed by atoms with Crippen LogP contribution >= 0.6 is 11.6 Å². The minimum absolute atomic E-state index is 0.441. The maximum atomic E-state index is 6.56. The van der Waals surface area contributed by atoms with Crippen LogP contribution in [-0.2, 0) is 9.47 Å². The number of aromatic nitrogens is 2. The van der Waals surface area contributed by atoms with E-state index < -0.39 is 0 Å². The van der Waals surface area contributed by atoms with Crippen LogP contribution in [0.2, 0.25) is 5.02 Å². The van der Waals surface area contributed by atoms with Crippen molar-refractivity contribution in [2.75, 3.05) is 56.7 Å². The predicted octanol–water partition coefficient (Wildman–Crippen LogP) is 5.08. The van der Waals surface area contributed by atoms with E-state index in [-0.39, 0.29) is 0 Å². The Hall–Kier alpha value is -1.93. The van der Waals surface area contributed by atoms with Gasteiger partial charge >= 0.3 is 0 Å². The third-order valence-corrected chi connectivity index (χ3v) is 7.92. The summed E-state index contributed by atoms with van der Waals surface area (Å²) in [5.74, 6) is 2.39. The van der Waals surface area contributed by atoms with Gasteiger partial charge < -0.3 is 20.1 Å². The van der Waals surface area contributed by atoms with Gasteiger partial charge in [0.15, 0.2) is 0 Å². The largest absolute Gasteiger partial charge is 0.381 e. The molecule has 7 nitrogen and oxygen atoms in total. The van der Waals surface area contributed by atoms with Gasteiger partial charge in [0.1, 0.15) is 11.6 Å². The molecule has 3 aliphatic rings. The first-order chi connectivity index (χ1) is 17.2. The summed E-state index contributed by atoms with van der Waals surface area (Å²) in [4.78, 5) is 12.1. The number of rotatable bonds is 7. The van der Waals surface area contributed by atoms with Crippen LogP contribution in [0.25, 0.3) is 11.3 Å². The molecule has 2 N–H and O–H groups in total. The Kier molecular flexibility index (Phi) is 8.73. The molecule has 190 valence electrons. The molecule has 2 aromatic rings. The van der Waals surface area contributed by atoms with E-state index in [0.29, 0.717) is 23.0 Å². The fraction of sp³-hybridized carbons (Fsp3) is 0.630. The summed E-state index contributed by atoms with van der Waals surface area (Å²) in [6.07, 6.45) is 9.86. The molecule has 5 rings (SSSR count). The molecular formula is C27H38ClN5O2.